The first-order valence-corrected chi connectivity index (χ1v) is 5.82. The number of esters is 1. The van der Waals surface area contributed by atoms with Crippen LogP contribution in [0.15, 0.2) is 24.3 Å². The van der Waals surface area contributed by atoms with Crippen molar-refractivity contribution >= 4 is 11.8 Å². The van der Waals surface area contributed by atoms with Gasteiger partial charge in [-0.25, -0.2) is 0 Å². The van der Waals surface area contributed by atoms with Crippen molar-refractivity contribution in [1.29, 1.82) is 0 Å². The lowest BCUT2D eigenvalue weighted by Gasteiger charge is -2.22. The second-order valence-electron chi connectivity index (χ2n) is 5.13. The summed E-state index contributed by atoms with van der Waals surface area (Å²) in [6, 6.07) is 6.81. The zero-order chi connectivity index (χ0) is 13.3. The van der Waals surface area contributed by atoms with Gasteiger partial charge in [0.05, 0.1) is 13.5 Å². The Kier molecular flexibility index (Phi) is 3.11. The molecule has 1 fully saturated rings. The largest absolute Gasteiger partial charge is 0.497 e. The van der Waals surface area contributed by atoms with Gasteiger partial charge in [0.25, 0.3) is 0 Å². The first-order chi connectivity index (χ1) is 8.44. The molecule has 4 heteroatoms. The quantitative estimate of drug-likeness (QED) is 0.608. The summed E-state index contributed by atoms with van der Waals surface area (Å²) < 4.78 is 10.2. The van der Waals surface area contributed by atoms with E-state index in [1.54, 1.807) is 31.4 Å². The highest BCUT2D eigenvalue weighted by atomic mass is 16.6. The number of benzene rings is 1. The van der Waals surface area contributed by atoms with Gasteiger partial charge in [0.2, 0.25) is 5.78 Å². The van der Waals surface area contributed by atoms with Crippen LogP contribution in [0.2, 0.25) is 0 Å². The molecule has 1 saturated heterocycles. The first-order valence-electron chi connectivity index (χ1n) is 5.82. The molecule has 96 valence electrons. The van der Waals surface area contributed by atoms with Crippen LogP contribution in [-0.4, -0.2) is 25.0 Å². The third kappa shape index (κ3) is 2.23. The van der Waals surface area contributed by atoms with Gasteiger partial charge in [-0.2, -0.15) is 0 Å². The summed E-state index contributed by atoms with van der Waals surface area (Å²) in [7, 11) is 1.57. The number of rotatable bonds is 3. The fraction of sp³-hybridized carbons (Fsp3) is 0.429. The predicted molar refractivity (Wildman–Crippen MR) is 65.6 cm³/mol. The smallest absolute Gasteiger partial charge is 0.307 e. The van der Waals surface area contributed by atoms with E-state index in [1.165, 1.54) is 0 Å². The fourth-order valence-corrected chi connectivity index (χ4v) is 2.11. The molecule has 1 atom stereocenters. The number of hydrogen-bond acceptors (Lipinski definition) is 4. The van der Waals surface area contributed by atoms with E-state index in [-0.39, 0.29) is 18.2 Å². The van der Waals surface area contributed by atoms with Crippen LogP contribution in [0.3, 0.4) is 0 Å². The lowest BCUT2D eigenvalue weighted by molar-refractivity contribution is -0.140. The Hall–Kier alpha value is -1.84. The molecule has 0 radical (unpaired) electrons. The monoisotopic (exact) mass is 248 g/mol. The van der Waals surface area contributed by atoms with Crippen LogP contribution in [0.1, 0.15) is 30.6 Å². The van der Waals surface area contributed by atoms with E-state index in [0.717, 1.165) is 0 Å². The molecular formula is C14H16O4. The summed E-state index contributed by atoms with van der Waals surface area (Å²) in [5, 5.41) is 0. The Morgan fingerprint density at radius 3 is 2.39 bits per heavy atom. The van der Waals surface area contributed by atoms with Gasteiger partial charge in [-0.05, 0) is 24.3 Å². The van der Waals surface area contributed by atoms with Crippen LogP contribution in [0.5, 0.6) is 5.75 Å². The highest BCUT2D eigenvalue weighted by Gasteiger charge is 2.46. The SMILES string of the molecule is COc1ccc(C(=O)C2OC(=O)CC2(C)C)cc1. The van der Waals surface area contributed by atoms with E-state index in [2.05, 4.69) is 0 Å². The maximum absolute atomic E-state index is 12.3. The molecule has 1 unspecified atom stereocenters. The number of hydrogen-bond donors (Lipinski definition) is 0. The van der Waals surface area contributed by atoms with Crippen LogP contribution >= 0.6 is 0 Å². The second-order valence-corrected chi connectivity index (χ2v) is 5.13. The molecule has 1 aromatic carbocycles. The predicted octanol–water partition coefficient (Wildman–Crippen LogP) is 2.22. The van der Waals surface area contributed by atoms with Crippen LogP contribution in [0.25, 0.3) is 0 Å². The molecule has 0 aliphatic carbocycles. The van der Waals surface area contributed by atoms with Crippen molar-refractivity contribution in [2.75, 3.05) is 7.11 Å². The first kappa shape index (κ1) is 12.6. The van der Waals surface area contributed by atoms with Crippen LogP contribution in [0, 0.1) is 5.41 Å². The average Bonchev–Trinajstić information content (AvgIpc) is 2.61. The molecule has 1 heterocycles. The van der Waals surface area contributed by atoms with Gasteiger partial charge in [-0.15, -0.1) is 0 Å². The lowest BCUT2D eigenvalue weighted by Crippen LogP contribution is -2.32. The van der Waals surface area contributed by atoms with Gasteiger partial charge < -0.3 is 9.47 Å². The van der Waals surface area contributed by atoms with E-state index < -0.39 is 11.5 Å². The van der Waals surface area contributed by atoms with Crippen molar-refractivity contribution in [2.45, 2.75) is 26.4 Å². The van der Waals surface area contributed by atoms with Gasteiger partial charge in [-0.1, -0.05) is 13.8 Å². The summed E-state index contributed by atoms with van der Waals surface area (Å²) in [5.41, 5.74) is 0.0808. The summed E-state index contributed by atoms with van der Waals surface area (Å²) in [6.07, 6.45) is -0.419. The molecule has 0 amide bonds. The Bertz CT molecular complexity index is 473. The Morgan fingerprint density at radius 2 is 1.94 bits per heavy atom. The molecule has 1 aliphatic heterocycles. The van der Waals surface area contributed by atoms with Crippen LogP contribution in [0.4, 0.5) is 0 Å². The highest BCUT2D eigenvalue weighted by molar-refractivity contribution is 6.02. The van der Waals surface area contributed by atoms with Crippen molar-refractivity contribution in [2.24, 2.45) is 5.41 Å². The molecule has 2 rings (SSSR count). The van der Waals surface area contributed by atoms with Crippen molar-refractivity contribution in [3.63, 3.8) is 0 Å². The van der Waals surface area contributed by atoms with Gasteiger partial charge >= 0.3 is 5.97 Å². The maximum atomic E-state index is 12.3. The maximum Gasteiger partial charge on any atom is 0.307 e. The lowest BCUT2D eigenvalue weighted by atomic mass is 9.82. The zero-order valence-corrected chi connectivity index (χ0v) is 10.7. The molecule has 0 bridgehead atoms. The normalized spacial score (nSPS) is 21.5. The molecule has 4 nitrogen and oxygen atoms in total. The summed E-state index contributed by atoms with van der Waals surface area (Å²) >= 11 is 0. The molecule has 0 saturated carbocycles. The van der Waals surface area contributed by atoms with E-state index in [9.17, 15) is 9.59 Å². The minimum absolute atomic E-state index is 0.159. The molecular weight excluding hydrogens is 232 g/mol. The minimum atomic E-state index is -0.696. The number of cyclic esters (lactones) is 1. The minimum Gasteiger partial charge on any atom is -0.497 e. The van der Waals surface area contributed by atoms with Crippen molar-refractivity contribution in [1.82, 2.24) is 0 Å². The van der Waals surface area contributed by atoms with Crippen LogP contribution in [-0.2, 0) is 9.53 Å². The third-order valence-corrected chi connectivity index (χ3v) is 3.17. The highest BCUT2D eigenvalue weighted by Crippen LogP contribution is 2.36. The molecule has 0 aromatic heterocycles. The van der Waals surface area contributed by atoms with Gasteiger partial charge in [0.15, 0.2) is 6.10 Å². The number of methoxy groups -OCH3 is 1. The van der Waals surface area contributed by atoms with Crippen molar-refractivity contribution in [3.05, 3.63) is 29.8 Å². The van der Waals surface area contributed by atoms with E-state index in [0.29, 0.717) is 11.3 Å². The number of Topliss-reactive ketones (excluding diaryl/α,β-unsaturated/α-hetero) is 1. The van der Waals surface area contributed by atoms with Crippen LogP contribution < -0.4 is 4.74 Å². The summed E-state index contributed by atoms with van der Waals surface area (Å²) in [5.74, 6) is 0.217. The standard InChI is InChI=1S/C14H16O4/c1-14(2)8-11(15)18-13(14)12(16)9-4-6-10(17-3)7-5-9/h4-7,13H,8H2,1-3H3. The van der Waals surface area contributed by atoms with Crippen molar-refractivity contribution in [3.8, 4) is 5.75 Å². The van der Waals surface area contributed by atoms with Gasteiger partial charge in [0.1, 0.15) is 5.75 Å². The average molecular weight is 248 g/mol. The topological polar surface area (TPSA) is 52.6 Å². The van der Waals surface area contributed by atoms with E-state index in [1.807, 2.05) is 13.8 Å². The number of carbonyl (C=O) groups excluding carboxylic acids is 2. The number of carbonyl (C=O) groups is 2. The second kappa shape index (κ2) is 4.44. The zero-order valence-electron chi connectivity index (χ0n) is 10.7. The van der Waals surface area contributed by atoms with Gasteiger partial charge in [0, 0.05) is 11.0 Å². The Labute approximate surface area is 106 Å². The summed E-state index contributed by atoms with van der Waals surface area (Å²) in [4.78, 5) is 23.6. The molecule has 0 N–H and O–H groups in total. The number of ether oxygens (including phenoxy) is 2. The Morgan fingerprint density at radius 1 is 1.33 bits per heavy atom. The number of ketones is 1. The molecule has 1 aliphatic rings. The molecule has 1 aromatic rings. The van der Waals surface area contributed by atoms with Crippen molar-refractivity contribution < 1.29 is 19.1 Å². The van der Waals surface area contributed by atoms with E-state index in [4.69, 9.17) is 9.47 Å². The molecule has 0 spiro atoms. The molecule has 18 heavy (non-hydrogen) atoms. The third-order valence-electron chi connectivity index (χ3n) is 3.17. The van der Waals surface area contributed by atoms with E-state index >= 15 is 0 Å². The van der Waals surface area contributed by atoms with Gasteiger partial charge in [-0.3, -0.25) is 9.59 Å². The Balaban J connectivity index is 2.23. The fourth-order valence-electron chi connectivity index (χ4n) is 2.11. The summed E-state index contributed by atoms with van der Waals surface area (Å²) in [6.45, 7) is 3.73.